The lowest BCUT2D eigenvalue weighted by Gasteiger charge is -2.02. The molecule has 1 N–H and O–H groups in total. The Morgan fingerprint density at radius 1 is 1.62 bits per heavy atom. The average molecular weight is 180 g/mol. The molecule has 0 radical (unpaired) electrons. The molecule has 70 valence electrons. The number of hydrogen-bond donors (Lipinski definition) is 1. The quantitative estimate of drug-likeness (QED) is 0.753. The summed E-state index contributed by atoms with van der Waals surface area (Å²) in [4.78, 5) is 18.7. The molecule has 0 spiro atoms. The molecule has 0 fully saturated rings. The van der Waals surface area contributed by atoms with E-state index >= 15 is 0 Å². The molecule has 4 heteroatoms. The summed E-state index contributed by atoms with van der Waals surface area (Å²) >= 11 is 0. The number of aromatic nitrogens is 2. The molecule has 1 aromatic rings. The zero-order chi connectivity index (χ0) is 9.84. The highest BCUT2D eigenvalue weighted by molar-refractivity contribution is 5.69. The minimum atomic E-state index is -0.858. The van der Waals surface area contributed by atoms with Crippen molar-refractivity contribution >= 4 is 5.97 Å². The molecule has 1 heterocycles. The van der Waals surface area contributed by atoms with E-state index in [0.29, 0.717) is 11.5 Å². The molecule has 0 aromatic carbocycles. The van der Waals surface area contributed by atoms with Crippen molar-refractivity contribution in [2.75, 3.05) is 0 Å². The minimum absolute atomic E-state index is 0.0264. The van der Waals surface area contributed by atoms with Gasteiger partial charge in [0, 0.05) is 12.6 Å². The molecular formula is C9H12N2O2. The third-order valence-corrected chi connectivity index (χ3v) is 1.76. The van der Waals surface area contributed by atoms with Crippen LogP contribution in [0.15, 0.2) is 6.20 Å². The fourth-order valence-corrected chi connectivity index (χ4v) is 1.01. The Labute approximate surface area is 76.7 Å². The molecule has 0 saturated heterocycles. The lowest BCUT2D eigenvalue weighted by Crippen LogP contribution is -2.07. The predicted octanol–water partition coefficient (Wildman–Crippen LogP) is 0.975. The normalized spacial score (nSPS) is 10.0. The Balaban J connectivity index is 2.96. The predicted molar refractivity (Wildman–Crippen MR) is 47.5 cm³/mol. The van der Waals surface area contributed by atoms with Crippen molar-refractivity contribution in [3.8, 4) is 0 Å². The van der Waals surface area contributed by atoms with Gasteiger partial charge < -0.3 is 5.11 Å². The van der Waals surface area contributed by atoms with E-state index < -0.39 is 5.97 Å². The SMILES string of the molecule is CCc1ncc(C)c(CC(=O)O)n1. The van der Waals surface area contributed by atoms with Gasteiger partial charge in [-0.05, 0) is 12.5 Å². The van der Waals surface area contributed by atoms with Crippen molar-refractivity contribution in [3.63, 3.8) is 0 Å². The maximum Gasteiger partial charge on any atom is 0.309 e. The van der Waals surface area contributed by atoms with E-state index in [0.717, 1.165) is 12.0 Å². The fraction of sp³-hybridized carbons (Fsp3) is 0.444. The van der Waals surface area contributed by atoms with Crippen LogP contribution in [0.25, 0.3) is 0 Å². The smallest absolute Gasteiger partial charge is 0.309 e. The van der Waals surface area contributed by atoms with Crippen molar-refractivity contribution in [1.82, 2.24) is 9.97 Å². The van der Waals surface area contributed by atoms with Gasteiger partial charge in [0.05, 0.1) is 12.1 Å². The lowest BCUT2D eigenvalue weighted by atomic mass is 10.2. The summed E-state index contributed by atoms with van der Waals surface area (Å²) in [7, 11) is 0. The molecule has 1 aromatic heterocycles. The van der Waals surface area contributed by atoms with E-state index in [4.69, 9.17) is 5.11 Å². The highest BCUT2D eigenvalue weighted by Gasteiger charge is 2.06. The summed E-state index contributed by atoms with van der Waals surface area (Å²) in [5, 5.41) is 8.59. The number of carbonyl (C=O) groups is 1. The number of aryl methyl sites for hydroxylation is 2. The Morgan fingerprint density at radius 2 is 2.31 bits per heavy atom. The third kappa shape index (κ3) is 2.50. The van der Waals surface area contributed by atoms with Crippen LogP contribution in [0.3, 0.4) is 0 Å². The van der Waals surface area contributed by atoms with Gasteiger partial charge in [0.25, 0.3) is 0 Å². The third-order valence-electron chi connectivity index (χ3n) is 1.76. The van der Waals surface area contributed by atoms with Gasteiger partial charge in [0.2, 0.25) is 0 Å². The molecule has 0 bridgehead atoms. The number of hydrogen-bond acceptors (Lipinski definition) is 3. The molecule has 0 amide bonds. The van der Waals surface area contributed by atoms with Gasteiger partial charge in [-0.15, -0.1) is 0 Å². The van der Waals surface area contributed by atoms with E-state index in [-0.39, 0.29) is 6.42 Å². The molecule has 0 unspecified atom stereocenters. The molecule has 0 aliphatic rings. The van der Waals surface area contributed by atoms with Gasteiger partial charge >= 0.3 is 5.97 Å². The van der Waals surface area contributed by atoms with Gasteiger partial charge in [-0.1, -0.05) is 6.92 Å². The molecular weight excluding hydrogens is 168 g/mol. The second-order valence-electron chi connectivity index (χ2n) is 2.84. The van der Waals surface area contributed by atoms with Crippen LogP contribution in [0.2, 0.25) is 0 Å². The minimum Gasteiger partial charge on any atom is -0.481 e. The molecule has 0 atom stereocenters. The van der Waals surface area contributed by atoms with Crippen LogP contribution in [-0.2, 0) is 17.6 Å². The summed E-state index contributed by atoms with van der Waals surface area (Å²) in [5.41, 5.74) is 1.44. The summed E-state index contributed by atoms with van der Waals surface area (Å²) in [6, 6.07) is 0. The molecule has 4 nitrogen and oxygen atoms in total. The monoisotopic (exact) mass is 180 g/mol. The van der Waals surface area contributed by atoms with Crippen LogP contribution >= 0.6 is 0 Å². The van der Waals surface area contributed by atoms with Crippen molar-refractivity contribution in [2.45, 2.75) is 26.7 Å². The van der Waals surface area contributed by atoms with Crippen molar-refractivity contribution < 1.29 is 9.90 Å². The van der Waals surface area contributed by atoms with Gasteiger partial charge in [-0.25, -0.2) is 9.97 Å². The van der Waals surface area contributed by atoms with Crippen LogP contribution in [0.4, 0.5) is 0 Å². The first-order valence-electron chi connectivity index (χ1n) is 4.16. The Morgan fingerprint density at radius 3 is 2.85 bits per heavy atom. The molecule has 13 heavy (non-hydrogen) atoms. The van der Waals surface area contributed by atoms with Crippen LogP contribution < -0.4 is 0 Å². The molecule has 1 rings (SSSR count). The second kappa shape index (κ2) is 3.98. The maximum atomic E-state index is 10.5. The van der Waals surface area contributed by atoms with E-state index in [1.54, 1.807) is 6.20 Å². The average Bonchev–Trinajstić information content (AvgIpc) is 2.08. The largest absolute Gasteiger partial charge is 0.481 e. The highest BCUT2D eigenvalue weighted by atomic mass is 16.4. The first-order valence-corrected chi connectivity index (χ1v) is 4.16. The van der Waals surface area contributed by atoms with E-state index in [2.05, 4.69) is 9.97 Å². The van der Waals surface area contributed by atoms with E-state index in [9.17, 15) is 4.79 Å². The van der Waals surface area contributed by atoms with Gasteiger partial charge in [0.1, 0.15) is 5.82 Å². The number of carboxylic acid groups (broad SMARTS) is 1. The fourth-order valence-electron chi connectivity index (χ4n) is 1.01. The van der Waals surface area contributed by atoms with Crippen molar-refractivity contribution in [3.05, 3.63) is 23.3 Å². The van der Waals surface area contributed by atoms with Crippen LogP contribution in [-0.4, -0.2) is 21.0 Å². The van der Waals surface area contributed by atoms with E-state index in [1.165, 1.54) is 0 Å². The molecule has 0 aliphatic heterocycles. The van der Waals surface area contributed by atoms with Crippen LogP contribution in [0.5, 0.6) is 0 Å². The molecule has 0 saturated carbocycles. The number of nitrogens with zero attached hydrogens (tertiary/aromatic N) is 2. The lowest BCUT2D eigenvalue weighted by molar-refractivity contribution is -0.136. The summed E-state index contributed by atoms with van der Waals surface area (Å²) in [5.74, 6) is -0.161. The van der Waals surface area contributed by atoms with Gasteiger partial charge in [0.15, 0.2) is 0 Å². The summed E-state index contributed by atoms with van der Waals surface area (Å²) < 4.78 is 0. The van der Waals surface area contributed by atoms with Crippen LogP contribution in [0, 0.1) is 6.92 Å². The summed E-state index contributed by atoms with van der Waals surface area (Å²) in [6.07, 6.45) is 2.37. The zero-order valence-electron chi connectivity index (χ0n) is 7.74. The maximum absolute atomic E-state index is 10.5. The van der Waals surface area contributed by atoms with Gasteiger partial charge in [-0.2, -0.15) is 0 Å². The standard InChI is InChI=1S/C9H12N2O2/c1-3-8-10-5-6(2)7(11-8)4-9(12)13/h5H,3-4H2,1-2H3,(H,12,13). The molecule has 0 aliphatic carbocycles. The first kappa shape index (κ1) is 9.64. The second-order valence-corrected chi connectivity index (χ2v) is 2.84. The van der Waals surface area contributed by atoms with Crippen molar-refractivity contribution in [2.24, 2.45) is 0 Å². The van der Waals surface area contributed by atoms with Gasteiger partial charge in [-0.3, -0.25) is 4.79 Å². The zero-order valence-corrected chi connectivity index (χ0v) is 7.74. The number of rotatable bonds is 3. The number of aliphatic carboxylic acids is 1. The topological polar surface area (TPSA) is 63.1 Å². The Bertz CT molecular complexity index is 323. The van der Waals surface area contributed by atoms with Crippen LogP contribution in [0.1, 0.15) is 24.0 Å². The first-order chi connectivity index (χ1) is 6.13. The highest BCUT2D eigenvalue weighted by Crippen LogP contribution is 2.04. The summed E-state index contributed by atoms with van der Waals surface area (Å²) in [6.45, 7) is 3.76. The van der Waals surface area contributed by atoms with E-state index in [1.807, 2.05) is 13.8 Å². The number of carboxylic acids is 1. The van der Waals surface area contributed by atoms with Crippen molar-refractivity contribution in [1.29, 1.82) is 0 Å². The Hall–Kier alpha value is -1.45. The Kier molecular flexibility index (Phi) is 2.95.